The van der Waals surface area contributed by atoms with Gasteiger partial charge in [-0.3, -0.25) is 0 Å². The van der Waals surface area contributed by atoms with Gasteiger partial charge in [0.1, 0.15) is 0 Å². The van der Waals surface area contributed by atoms with Crippen LogP contribution in [0, 0.1) is 0 Å². The zero-order valence-corrected chi connectivity index (χ0v) is 10.7. The Morgan fingerprint density at radius 2 is 2.06 bits per heavy atom. The minimum absolute atomic E-state index is 0.445. The van der Waals surface area contributed by atoms with E-state index in [1.165, 1.54) is 12.8 Å². The molecule has 0 bridgehead atoms. The van der Waals surface area contributed by atoms with Crippen molar-refractivity contribution >= 4 is 11.6 Å². The third-order valence-electron chi connectivity index (χ3n) is 2.42. The number of para-hydroxylation sites is 1. The SMILES string of the molecule is CCCCCOc1c(CCl)cccc1OC. The Bertz CT molecular complexity index is 291. The summed E-state index contributed by atoms with van der Waals surface area (Å²) in [5.41, 5.74) is 0.984. The number of methoxy groups -OCH3 is 1. The summed E-state index contributed by atoms with van der Waals surface area (Å²) in [7, 11) is 1.65. The van der Waals surface area contributed by atoms with Crippen molar-refractivity contribution in [2.75, 3.05) is 13.7 Å². The minimum Gasteiger partial charge on any atom is -0.493 e. The van der Waals surface area contributed by atoms with Crippen molar-refractivity contribution in [2.24, 2.45) is 0 Å². The normalized spacial score (nSPS) is 10.2. The van der Waals surface area contributed by atoms with E-state index in [2.05, 4.69) is 6.92 Å². The maximum absolute atomic E-state index is 5.87. The third-order valence-corrected chi connectivity index (χ3v) is 2.71. The summed E-state index contributed by atoms with van der Waals surface area (Å²) in [5, 5.41) is 0. The van der Waals surface area contributed by atoms with Crippen LogP contribution in [0.4, 0.5) is 0 Å². The van der Waals surface area contributed by atoms with Gasteiger partial charge in [0.15, 0.2) is 11.5 Å². The van der Waals surface area contributed by atoms with Gasteiger partial charge in [0.2, 0.25) is 0 Å². The molecule has 0 heterocycles. The van der Waals surface area contributed by atoms with Crippen LogP contribution in [-0.2, 0) is 5.88 Å². The lowest BCUT2D eigenvalue weighted by Gasteiger charge is -2.13. The molecule has 0 unspecified atom stereocenters. The van der Waals surface area contributed by atoms with Crippen molar-refractivity contribution in [1.29, 1.82) is 0 Å². The molecule has 1 rings (SSSR count). The number of unbranched alkanes of at least 4 members (excludes halogenated alkanes) is 2. The number of halogens is 1. The fraction of sp³-hybridized carbons (Fsp3) is 0.538. The molecule has 16 heavy (non-hydrogen) atoms. The zero-order valence-electron chi connectivity index (χ0n) is 9.96. The summed E-state index contributed by atoms with van der Waals surface area (Å²) in [4.78, 5) is 0. The summed E-state index contributed by atoms with van der Waals surface area (Å²) < 4.78 is 11.0. The summed E-state index contributed by atoms with van der Waals surface area (Å²) in [6.07, 6.45) is 3.44. The lowest BCUT2D eigenvalue weighted by atomic mass is 10.2. The summed E-state index contributed by atoms with van der Waals surface area (Å²) in [5.74, 6) is 1.99. The van der Waals surface area contributed by atoms with Crippen LogP contribution in [0.1, 0.15) is 31.7 Å². The third kappa shape index (κ3) is 3.60. The molecule has 0 aromatic heterocycles. The average molecular weight is 243 g/mol. The molecular formula is C13H19ClO2. The van der Waals surface area contributed by atoms with Gasteiger partial charge in [-0.05, 0) is 12.5 Å². The molecule has 0 amide bonds. The quantitative estimate of drug-likeness (QED) is 0.532. The predicted molar refractivity (Wildman–Crippen MR) is 67.6 cm³/mol. The molecule has 0 aliphatic carbocycles. The van der Waals surface area contributed by atoms with Crippen LogP contribution in [0.3, 0.4) is 0 Å². The van der Waals surface area contributed by atoms with E-state index in [1.54, 1.807) is 7.11 Å². The Morgan fingerprint density at radius 3 is 2.69 bits per heavy atom. The number of ether oxygens (including phenoxy) is 2. The second-order valence-electron chi connectivity index (χ2n) is 3.64. The highest BCUT2D eigenvalue weighted by Crippen LogP contribution is 2.32. The molecule has 0 radical (unpaired) electrons. The molecule has 0 aliphatic heterocycles. The molecule has 3 heteroatoms. The predicted octanol–water partition coefficient (Wildman–Crippen LogP) is 4.00. The van der Waals surface area contributed by atoms with E-state index in [4.69, 9.17) is 21.1 Å². The first-order chi connectivity index (χ1) is 7.83. The van der Waals surface area contributed by atoms with Crippen LogP contribution in [0.15, 0.2) is 18.2 Å². The summed E-state index contributed by atoms with van der Waals surface area (Å²) >= 11 is 5.87. The molecule has 0 saturated carbocycles. The van der Waals surface area contributed by atoms with Gasteiger partial charge in [-0.15, -0.1) is 11.6 Å². The van der Waals surface area contributed by atoms with Gasteiger partial charge in [-0.25, -0.2) is 0 Å². The second kappa shape index (κ2) is 7.39. The van der Waals surface area contributed by atoms with Crippen LogP contribution in [0.2, 0.25) is 0 Å². The second-order valence-corrected chi connectivity index (χ2v) is 3.90. The summed E-state index contributed by atoms with van der Waals surface area (Å²) in [6.45, 7) is 2.89. The van der Waals surface area contributed by atoms with Gasteiger partial charge < -0.3 is 9.47 Å². The van der Waals surface area contributed by atoms with Crippen molar-refractivity contribution < 1.29 is 9.47 Å². The molecule has 2 nitrogen and oxygen atoms in total. The molecule has 0 N–H and O–H groups in total. The molecule has 1 aromatic rings. The Morgan fingerprint density at radius 1 is 1.25 bits per heavy atom. The van der Waals surface area contributed by atoms with E-state index in [9.17, 15) is 0 Å². The zero-order chi connectivity index (χ0) is 11.8. The fourth-order valence-corrected chi connectivity index (χ4v) is 1.73. The number of rotatable bonds is 7. The molecule has 0 aliphatic rings. The lowest BCUT2D eigenvalue weighted by molar-refractivity contribution is 0.284. The van der Waals surface area contributed by atoms with Crippen LogP contribution < -0.4 is 9.47 Å². The van der Waals surface area contributed by atoms with E-state index in [-0.39, 0.29) is 0 Å². The average Bonchev–Trinajstić information content (AvgIpc) is 2.34. The van der Waals surface area contributed by atoms with Gasteiger partial charge in [-0.2, -0.15) is 0 Å². The van der Waals surface area contributed by atoms with Crippen LogP contribution in [-0.4, -0.2) is 13.7 Å². The van der Waals surface area contributed by atoms with Gasteiger partial charge >= 0.3 is 0 Å². The van der Waals surface area contributed by atoms with Crippen LogP contribution >= 0.6 is 11.6 Å². The molecule has 0 fully saturated rings. The standard InChI is InChI=1S/C13H19ClO2/c1-3-4-5-9-16-13-11(10-14)7-6-8-12(13)15-2/h6-8H,3-5,9-10H2,1-2H3. The molecular weight excluding hydrogens is 224 g/mol. The minimum atomic E-state index is 0.445. The fourth-order valence-electron chi connectivity index (χ4n) is 1.52. The Kier molecular flexibility index (Phi) is 6.09. The highest BCUT2D eigenvalue weighted by atomic mass is 35.5. The number of benzene rings is 1. The highest BCUT2D eigenvalue weighted by molar-refractivity contribution is 6.17. The number of hydrogen-bond acceptors (Lipinski definition) is 2. The van der Waals surface area contributed by atoms with Crippen molar-refractivity contribution in [1.82, 2.24) is 0 Å². The lowest BCUT2D eigenvalue weighted by Crippen LogP contribution is -2.01. The number of alkyl halides is 1. The van der Waals surface area contributed by atoms with Crippen molar-refractivity contribution in [3.63, 3.8) is 0 Å². The van der Waals surface area contributed by atoms with Crippen molar-refractivity contribution in [3.05, 3.63) is 23.8 Å². The summed E-state index contributed by atoms with van der Waals surface area (Å²) in [6, 6.07) is 5.78. The Balaban J connectivity index is 2.67. The molecule has 0 saturated heterocycles. The van der Waals surface area contributed by atoms with Gasteiger partial charge in [-0.1, -0.05) is 31.9 Å². The molecule has 1 aromatic carbocycles. The van der Waals surface area contributed by atoms with E-state index in [1.807, 2.05) is 18.2 Å². The monoisotopic (exact) mass is 242 g/mol. The van der Waals surface area contributed by atoms with Gasteiger partial charge in [0.05, 0.1) is 19.6 Å². The number of hydrogen-bond donors (Lipinski definition) is 0. The van der Waals surface area contributed by atoms with E-state index >= 15 is 0 Å². The van der Waals surface area contributed by atoms with Crippen LogP contribution in [0.25, 0.3) is 0 Å². The van der Waals surface area contributed by atoms with Crippen molar-refractivity contribution in [2.45, 2.75) is 32.1 Å². The highest BCUT2D eigenvalue weighted by Gasteiger charge is 2.09. The maximum Gasteiger partial charge on any atom is 0.165 e. The van der Waals surface area contributed by atoms with Crippen molar-refractivity contribution in [3.8, 4) is 11.5 Å². The molecule has 0 spiro atoms. The smallest absolute Gasteiger partial charge is 0.165 e. The maximum atomic E-state index is 5.87. The largest absolute Gasteiger partial charge is 0.493 e. The van der Waals surface area contributed by atoms with Gasteiger partial charge in [0, 0.05) is 5.56 Å². The first-order valence-electron chi connectivity index (χ1n) is 5.68. The van der Waals surface area contributed by atoms with E-state index in [0.717, 1.165) is 30.1 Å². The Labute approximate surface area is 103 Å². The Hall–Kier alpha value is -0.890. The topological polar surface area (TPSA) is 18.5 Å². The van der Waals surface area contributed by atoms with E-state index < -0.39 is 0 Å². The molecule has 0 atom stereocenters. The molecule has 90 valence electrons. The van der Waals surface area contributed by atoms with Crippen LogP contribution in [0.5, 0.6) is 11.5 Å². The first kappa shape index (κ1) is 13.2. The first-order valence-corrected chi connectivity index (χ1v) is 6.21. The van der Waals surface area contributed by atoms with Gasteiger partial charge in [0.25, 0.3) is 0 Å². The van der Waals surface area contributed by atoms with E-state index in [0.29, 0.717) is 5.88 Å².